The molecule has 16 rings (SSSR count). The van der Waals surface area contributed by atoms with E-state index in [0.717, 1.165) is 0 Å². The van der Waals surface area contributed by atoms with Crippen molar-refractivity contribution in [3.8, 4) is 55.6 Å². The van der Waals surface area contributed by atoms with Crippen molar-refractivity contribution in [1.29, 1.82) is 0 Å². The molecule has 0 fully saturated rings. The molecule has 0 amide bonds. The van der Waals surface area contributed by atoms with E-state index in [1.54, 1.807) is 0 Å². The molecule has 0 N–H and O–H groups in total. The first-order chi connectivity index (χ1) is 34.8. The molecule has 3 aliphatic heterocycles. The quantitative estimate of drug-likeness (QED) is 0.159. The predicted molar refractivity (Wildman–Crippen MR) is 290 cm³/mol. The molecule has 3 heterocycles. The molecule has 0 radical (unpaired) electrons. The number of hydrogen-bond acceptors (Lipinski definition) is 1. The second-order valence-electron chi connectivity index (χ2n) is 19.7. The number of hydrogen-bond donors (Lipinski definition) is 0. The second-order valence-corrected chi connectivity index (χ2v) is 19.7. The first-order valence-electron chi connectivity index (χ1n) is 24.7. The van der Waals surface area contributed by atoms with Gasteiger partial charge in [0.1, 0.15) is 0 Å². The lowest BCUT2D eigenvalue weighted by atomic mass is 9.32. The van der Waals surface area contributed by atoms with Gasteiger partial charge in [0.2, 0.25) is 6.71 Å². The topological polar surface area (TPSA) is 3.24 Å². The highest BCUT2D eigenvalue weighted by atomic mass is 15.2. The molecular formula is C68H42BN. The molecular weight excluding hydrogens is 842 g/mol. The molecule has 0 unspecified atom stereocenters. The summed E-state index contributed by atoms with van der Waals surface area (Å²) in [5.74, 6) is 0. The highest BCUT2D eigenvalue weighted by Gasteiger charge is 2.60. The maximum atomic E-state index is 2.75. The van der Waals surface area contributed by atoms with Crippen molar-refractivity contribution in [2.75, 3.05) is 4.90 Å². The number of para-hydroxylation sites is 3. The number of fused-ring (bicyclic) bond motifs is 14. The minimum atomic E-state index is -0.588. The Labute approximate surface area is 408 Å². The molecule has 5 aliphatic rings. The monoisotopic (exact) mass is 883 g/mol. The molecule has 0 saturated heterocycles. The lowest BCUT2D eigenvalue weighted by molar-refractivity contribution is 0.709. The minimum Gasteiger partial charge on any atom is -0.310 e. The molecule has 1 nitrogen and oxygen atoms in total. The van der Waals surface area contributed by atoms with Crippen LogP contribution in [0.15, 0.2) is 255 Å². The average Bonchev–Trinajstić information content (AvgIpc) is 3.90. The van der Waals surface area contributed by atoms with Crippen LogP contribution in [0.25, 0.3) is 55.6 Å². The van der Waals surface area contributed by atoms with Gasteiger partial charge in [-0.25, -0.2) is 0 Å². The Kier molecular flexibility index (Phi) is 7.62. The van der Waals surface area contributed by atoms with Crippen LogP contribution in [0.4, 0.5) is 17.1 Å². The molecule has 0 saturated carbocycles. The summed E-state index contributed by atoms with van der Waals surface area (Å²) in [6.07, 6.45) is 0. The largest absolute Gasteiger partial charge is 0.310 e. The van der Waals surface area contributed by atoms with Crippen LogP contribution in [0.3, 0.4) is 0 Å². The highest BCUT2D eigenvalue weighted by Crippen LogP contribution is 2.70. The Morgan fingerprint density at radius 3 is 0.957 bits per heavy atom. The molecule has 11 aromatic carbocycles. The van der Waals surface area contributed by atoms with Gasteiger partial charge in [0.15, 0.2) is 0 Å². The van der Waals surface area contributed by atoms with E-state index in [9.17, 15) is 0 Å². The lowest BCUT2D eigenvalue weighted by Gasteiger charge is -2.55. The van der Waals surface area contributed by atoms with Crippen molar-refractivity contribution in [2.24, 2.45) is 0 Å². The normalized spacial score (nSPS) is 14.7. The third kappa shape index (κ3) is 4.60. The predicted octanol–water partition coefficient (Wildman–Crippen LogP) is 14.3. The van der Waals surface area contributed by atoms with Gasteiger partial charge in [-0.2, -0.15) is 0 Å². The van der Waals surface area contributed by atoms with Crippen LogP contribution in [-0.4, -0.2) is 6.71 Å². The summed E-state index contributed by atoms with van der Waals surface area (Å²) in [4.78, 5) is 2.75. The second kappa shape index (κ2) is 13.9. The lowest BCUT2D eigenvalue weighted by Crippen LogP contribution is -2.61. The molecule has 0 atom stereocenters. The molecule has 322 valence electrons. The van der Waals surface area contributed by atoms with E-state index in [4.69, 9.17) is 0 Å². The minimum absolute atomic E-state index is 0.143. The zero-order valence-electron chi connectivity index (χ0n) is 38.3. The molecule has 11 aromatic rings. The summed E-state index contributed by atoms with van der Waals surface area (Å²) in [5.41, 5.74) is 30.1. The number of rotatable bonds is 4. The summed E-state index contributed by atoms with van der Waals surface area (Å²) >= 11 is 0. The highest BCUT2D eigenvalue weighted by molar-refractivity contribution is 6.99. The van der Waals surface area contributed by atoms with Crippen molar-refractivity contribution in [3.05, 3.63) is 299 Å². The van der Waals surface area contributed by atoms with Crippen molar-refractivity contribution in [2.45, 2.75) is 10.8 Å². The van der Waals surface area contributed by atoms with Gasteiger partial charge >= 0.3 is 0 Å². The summed E-state index contributed by atoms with van der Waals surface area (Å²) in [7, 11) is 0. The maximum Gasteiger partial charge on any atom is 0.248 e. The molecule has 2 aliphatic carbocycles. The van der Waals surface area contributed by atoms with Crippen molar-refractivity contribution >= 4 is 40.2 Å². The van der Waals surface area contributed by atoms with Crippen molar-refractivity contribution < 1.29 is 0 Å². The van der Waals surface area contributed by atoms with Crippen LogP contribution in [0, 0.1) is 0 Å². The number of nitrogens with zero attached hydrogens (tertiary/aromatic N) is 1. The van der Waals surface area contributed by atoms with Gasteiger partial charge in [0.05, 0.1) is 16.5 Å². The van der Waals surface area contributed by atoms with Crippen molar-refractivity contribution in [1.82, 2.24) is 0 Å². The van der Waals surface area contributed by atoms with E-state index < -0.39 is 10.8 Å². The van der Waals surface area contributed by atoms with Crippen LogP contribution in [-0.2, 0) is 10.8 Å². The fraction of sp³-hybridized carbons (Fsp3) is 0.0294. The first-order valence-corrected chi connectivity index (χ1v) is 24.7. The fourth-order valence-corrected chi connectivity index (χ4v) is 14.3. The summed E-state index contributed by atoms with van der Waals surface area (Å²) in [6.45, 7) is -0.143. The van der Waals surface area contributed by atoms with E-state index in [-0.39, 0.29) is 6.71 Å². The number of anilines is 3. The third-order valence-corrected chi connectivity index (χ3v) is 16.7. The first kappa shape index (κ1) is 38.3. The summed E-state index contributed by atoms with van der Waals surface area (Å²) in [6, 6.07) is 97.2. The van der Waals surface area contributed by atoms with Crippen LogP contribution in [0.1, 0.15) is 44.5 Å². The van der Waals surface area contributed by atoms with Gasteiger partial charge in [-0.3, -0.25) is 0 Å². The number of benzene rings is 11. The maximum absolute atomic E-state index is 2.75. The van der Waals surface area contributed by atoms with E-state index >= 15 is 0 Å². The van der Waals surface area contributed by atoms with Gasteiger partial charge < -0.3 is 4.90 Å². The van der Waals surface area contributed by atoms with Crippen LogP contribution < -0.4 is 21.3 Å². The van der Waals surface area contributed by atoms with Gasteiger partial charge in [0.25, 0.3) is 0 Å². The van der Waals surface area contributed by atoms with Crippen molar-refractivity contribution in [3.63, 3.8) is 0 Å². The van der Waals surface area contributed by atoms with E-state index in [0.29, 0.717) is 0 Å². The standard InChI is InChI=1S/C68H42BN/c1-4-21-43(22-5-1)46-41-51(44-23-6-2-7-24-44)63(52(42-46)45-25-8-3-9-26-45)69-61-39-19-37-59-65(61)70-64-57(67(59)53-31-14-10-27-47(53)48-28-11-15-32-54(48)67)35-18-36-58(64)68(60-38-20-40-62(69)66(60)70)55-33-16-12-29-49(55)50-30-13-17-34-56(50)68/h1-42H. The van der Waals surface area contributed by atoms with Crippen LogP contribution in [0.2, 0.25) is 0 Å². The molecule has 0 aromatic heterocycles. The summed E-state index contributed by atoms with van der Waals surface area (Å²) < 4.78 is 0. The molecule has 2 spiro atoms. The SMILES string of the molecule is c1ccc(-c2cc(-c3ccccc3)c(B3c4cccc5c4N4c6c3cccc6C3(c6ccccc6-c6ccccc63)c3cccc(c34)C53c4ccccc4-c4ccccc43)c(-c3ccccc3)c2)cc1. The van der Waals surface area contributed by atoms with Gasteiger partial charge in [-0.1, -0.05) is 248 Å². The fourth-order valence-electron chi connectivity index (χ4n) is 14.3. The molecule has 70 heavy (non-hydrogen) atoms. The molecule has 0 bridgehead atoms. The van der Waals surface area contributed by atoms with Gasteiger partial charge in [0, 0.05) is 11.4 Å². The Morgan fingerprint density at radius 1 is 0.243 bits per heavy atom. The van der Waals surface area contributed by atoms with Crippen LogP contribution in [0.5, 0.6) is 0 Å². The zero-order valence-corrected chi connectivity index (χ0v) is 38.3. The average molecular weight is 884 g/mol. The Bertz CT molecular complexity index is 3700. The van der Waals surface area contributed by atoms with Crippen LogP contribution >= 0.6 is 0 Å². The third-order valence-electron chi connectivity index (χ3n) is 16.7. The van der Waals surface area contributed by atoms with E-state index in [2.05, 4.69) is 260 Å². The zero-order chi connectivity index (χ0) is 45.7. The van der Waals surface area contributed by atoms with E-state index in [1.807, 2.05) is 0 Å². The molecule has 2 heteroatoms. The van der Waals surface area contributed by atoms with Gasteiger partial charge in [-0.15, -0.1) is 0 Å². The van der Waals surface area contributed by atoms with E-state index in [1.165, 1.54) is 134 Å². The smallest absolute Gasteiger partial charge is 0.248 e. The Hall–Kier alpha value is -8.72. The summed E-state index contributed by atoms with van der Waals surface area (Å²) in [5, 5.41) is 0. The van der Waals surface area contributed by atoms with Gasteiger partial charge in [-0.05, 0) is 123 Å². The Morgan fingerprint density at radius 2 is 0.557 bits per heavy atom. The Balaban J connectivity index is 1.13.